The van der Waals surface area contributed by atoms with Crippen LogP contribution in [0.4, 0.5) is 0 Å². The Bertz CT molecular complexity index is 1230. The van der Waals surface area contributed by atoms with E-state index in [1.54, 1.807) is 22.1 Å². The van der Waals surface area contributed by atoms with Gasteiger partial charge in [-0.3, -0.25) is 14.3 Å². The molecule has 3 aromatic heterocycles. The van der Waals surface area contributed by atoms with E-state index in [-0.39, 0.29) is 0 Å². The first-order chi connectivity index (χ1) is 12.0. The third-order valence-corrected chi connectivity index (χ3v) is 4.53. The number of halogens is 1. The second-order valence-electron chi connectivity index (χ2n) is 5.78. The summed E-state index contributed by atoms with van der Waals surface area (Å²) in [6, 6.07) is 7.26. The van der Waals surface area contributed by atoms with Crippen molar-refractivity contribution in [2.75, 3.05) is 0 Å². The number of hydrogen-bond acceptors (Lipinski definition) is 4. The first-order valence-electron chi connectivity index (χ1n) is 7.86. The normalized spacial score (nSPS) is 11.6. The highest BCUT2D eigenvalue weighted by Gasteiger charge is 2.23. The lowest BCUT2D eigenvalue weighted by atomic mass is 10.2. The van der Waals surface area contributed by atoms with Crippen molar-refractivity contribution in [1.29, 1.82) is 0 Å². The van der Waals surface area contributed by atoms with Crippen LogP contribution in [0.25, 0.3) is 28.3 Å². The molecule has 0 unspecified atom stereocenters. The molecule has 25 heavy (non-hydrogen) atoms. The van der Waals surface area contributed by atoms with Crippen molar-refractivity contribution >= 4 is 28.5 Å². The minimum absolute atomic E-state index is 0.391. The maximum Gasteiger partial charge on any atom is 0.329 e. The fraction of sp³-hybridized carbons (Fsp3) is 0.250. The minimum Gasteiger partial charge on any atom is -0.302 e. The quantitative estimate of drug-likeness (QED) is 0.604. The van der Waals surface area contributed by atoms with E-state index < -0.39 is 11.2 Å². The molecule has 0 saturated carbocycles. The summed E-state index contributed by atoms with van der Waals surface area (Å²) in [5.41, 5.74) is 0.577. The van der Waals surface area contributed by atoms with Crippen LogP contribution in [-0.2, 0) is 13.6 Å². The summed E-state index contributed by atoms with van der Waals surface area (Å²) in [5.74, 6) is 0.986. The number of nitrogens with zero attached hydrogens (tertiary/aromatic N) is 5. The van der Waals surface area contributed by atoms with E-state index in [9.17, 15) is 9.59 Å². The zero-order valence-electron chi connectivity index (χ0n) is 13.7. The fourth-order valence-electron chi connectivity index (χ4n) is 3.09. The molecular formula is C16H15ClN6O2. The van der Waals surface area contributed by atoms with Crippen molar-refractivity contribution in [3.8, 4) is 11.4 Å². The van der Waals surface area contributed by atoms with Gasteiger partial charge in [0.05, 0.1) is 5.02 Å². The lowest BCUT2D eigenvalue weighted by Crippen LogP contribution is -2.29. The van der Waals surface area contributed by atoms with Crippen molar-refractivity contribution in [2.24, 2.45) is 7.05 Å². The Kier molecular flexibility index (Phi) is 3.50. The smallest absolute Gasteiger partial charge is 0.302 e. The summed E-state index contributed by atoms with van der Waals surface area (Å²) < 4.78 is 4.88. The Morgan fingerprint density at radius 1 is 1.20 bits per heavy atom. The van der Waals surface area contributed by atoms with Crippen molar-refractivity contribution in [1.82, 2.24) is 28.7 Å². The molecule has 0 saturated heterocycles. The molecule has 0 bridgehead atoms. The maximum atomic E-state index is 12.5. The van der Waals surface area contributed by atoms with Crippen LogP contribution in [0.2, 0.25) is 5.02 Å². The maximum absolute atomic E-state index is 12.5. The molecule has 128 valence electrons. The van der Waals surface area contributed by atoms with Gasteiger partial charge in [0, 0.05) is 19.2 Å². The van der Waals surface area contributed by atoms with Gasteiger partial charge in [-0.05, 0) is 18.6 Å². The van der Waals surface area contributed by atoms with Crippen LogP contribution in [0.5, 0.6) is 0 Å². The number of imidazole rings is 1. The summed E-state index contributed by atoms with van der Waals surface area (Å²) in [5, 5.41) is 9.03. The molecule has 8 nitrogen and oxygen atoms in total. The highest BCUT2D eigenvalue weighted by atomic mass is 35.5. The average molecular weight is 359 g/mol. The first kappa shape index (κ1) is 15.6. The van der Waals surface area contributed by atoms with Gasteiger partial charge in [0.15, 0.2) is 17.0 Å². The van der Waals surface area contributed by atoms with Crippen LogP contribution in [0, 0.1) is 0 Å². The Hall–Kier alpha value is -2.87. The van der Waals surface area contributed by atoms with Crippen LogP contribution >= 0.6 is 11.6 Å². The third-order valence-electron chi connectivity index (χ3n) is 4.20. The van der Waals surface area contributed by atoms with Gasteiger partial charge in [-0.15, -0.1) is 10.2 Å². The Morgan fingerprint density at radius 2 is 1.96 bits per heavy atom. The Morgan fingerprint density at radius 3 is 2.68 bits per heavy atom. The summed E-state index contributed by atoms with van der Waals surface area (Å²) in [6.45, 7) is 2.58. The van der Waals surface area contributed by atoms with Crippen molar-refractivity contribution < 1.29 is 0 Å². The van der Waals surface area contributed by atoms with Gasteiger partial charge in [-0.2, -0.15) is 0 Å². The molecule has 3 heterocycles. The number of aromatic amines is 1. The van der Waals surface area contributed by atoms with E-state index in [1.165, 1.54) is 4.57 Å². The molecule has 0 radical (unpaired) electrons. The SMILES string of the molecule is CCCn1c2c(=O)[nH]c(=O)n(C)c2n2c(-c3ccccc3Cl)nnc12. The topological polar surface area (TPSA) is 90.0 Å². The van der Waals surface area contributed by atoms with Gasteiger partial charge in [0.25, 0.3) is 5.56 Å². The van der Waals surface area contributed by atoms with Crippen LogP contribution in [0.3, 0.4) is 0 Å². The first-order valence-corrected chi connectivity index (χ1v) is 8.24. The zero-order chi connectivity index (χ0) is 17.7. The molecule has 0 spiro atoms. The minimum atomic E-state index is -0.494. The lowest BCUT2D eigenvalue weighted by Gasteiger charge is -2.04. The van der Waals surface area contributed by atoms with E-state index in [4.69, 9.17) is 11.6 Å². The molecule has 0 amide bonds. The summed E-state index contributed by atoms with van der Waals surface area (Å²) >= 11 is 6.31. The summed E-state index contributed by atoms with van der Waals surface area (Å²) in [6.07, 6.45) is 0.802. The van der Waals surface area contributed by atoms with Gasteiger partial charge < -0.3 is 4.57 Å². The van der Waals surface area contributed by atoms with Crippen LogP contribution in [-0.4, -0.2) is 28.7 Å². The van der Waals surface area contributed by atoms with Crippen LogP contribution in [0.15, 0.2) is 33.9 Å². The molecule has 9 heteroatoms. The molecule has 1 N–H and O–H groups in total. The predicted octanol–water partition coefficient (Wildman–Crippen LogP) is 1.80. The highest BCUT2D eigenvalue weighted by molar-refractivity contribution is 6.33. The predicted molar refractivity (Wildman–Crippen MR) is 95.1 cm³/mol. The number of rotatable bonds is 3. The molecular weight excluding hydrogens is 344 g/mol. The van der Waals surface area contributed by atoms with Gasteiger partial charge in [-0.25, -0.2) is 9.20 Å². The number of H-pyrrole nitrogens is 1. The van der Waals surface area contributed by atoms with Crippen molar-refractivity contribution in [3.63, 3.8) is 0 Å². The molecule has 1 aromatic carbocycles. The Balaban J connectivity index is 2.25. The van der Waals surface area contributed by atoms with Crippen LogP contribution < -0.4 is 11.2 Å². The molecule has 4 rings (SSSR count). The third kappa shape index (κ3) is 2.14. The summed E-state index contributed by atoms with van der Waals surface area (Å²) in [7, 11) is 1.60. The number of aromatic nitrogens is 6. The largest absolute Gasteiger partial charge is 0.329 e. The lowest BCUT2D eigenvalue weighted by molar-refractivity contribution is 0.706. The van der Waals surface area contributed by atoms with Gasteiger partial charge >= 0.3 is 5.69 Å². The molecule has 0 aliphatic heterocycles. The highest BCUT2D eigenvalue weighted by Crippen LogP contribution is 2.29. The number of fused-ring (bicyclic) bond motifs is 3. The Labute approximate surface area is 146 Å². The zero-order valence-corrected chi connectivity index (χ0v) is 14.4. The van der Waals surface area contributed by atoms with Gasteiger partial charge in [0.2, 0.25) is 5.78 Å². The molecule has 4 aromatic rings. The number of aryl methyl sites for hydroxylation is 2. The fourth-order valence-corrected chi connectivity index (χ4v) is 3.31. The second-order valence-corrected chi connectivity index (χ2v) is 6.19. The van der Waals surface area contributed by atoms with E-state index >= 15 is 0 Å². The van der Waals surface area contributed by atoms with Crippen molar-refractivity contribution in [2.45, 2.75) is 19.9 Å². The van der Waals surface area contributed by atoms with E-state index in [0.29, 0.717) is 39.9 Å². The summed E-state index contributed by atoms with van der Waals surface area (Å²) in [4.78, 5) is 26.9. The molecule has 0 aliphatic carbocycles. The van der Waals surface area contributed by atoms with Crippen LogP contribution in [0.1, 0.15) is 13.3 Å². The monoisotopic (exact) mass is 358 g/mol. The average Bonchev–Trinajstić information content (AvgIpc) is 3.13. The number of hydrogen-bond donors (Lipinski definition) is 1. The molecule has 0 atom stereocenters. The number of benzene rings is 1. The molecule has 0 fully saturated rings. The standard InChI is InChI=1S/C16H15ClN6O2/c1-3-8-22-11-13(24)18-16(25)21(2)14(11)23-12(19-20-15(22)23)9-6-4-5-7-10(9)17/h4-7H,3,8H2,1-2H3,(H,18,24,25). The van der Waals surface area contributed by atoms with E-state index in [1.807, 2.05) is 25.1 Å². The van der Waals surface area contributed by atoms with Gasteiger partial charge in [0.1, 0.15) is 0 Å². The van der Waals surface area contributed by atoms with Gasteiger partial charge in [-0.1, -0.05) is 30.7 Å². The van der Waals surface area contributed by atoms with Crippen molar-refractivity contribution in [3.05, 3.63) is 50.1 Å². The second kappa shape index (κ2) is 5.59. The molecule has 0 aliphatic rings. The van der Waals surface area contributed by atoms with E-state index in [0.717, 1.165) is 6.42 Å². The number of nitrogens with one attached hydrogen (secondary N) is 1. The van der Waals surface area contributed by atoms with E-state index in [2.05, 4.69) is 15.2 Å².